The minimum absolute atomic E-state index is 0.124. The lowest BCUT2D eigenvalue weighted by molar-refractivity contribution is -0.100. The zero-order valence-electron chi connectivity index (χ0n) is 14.2. The quantitative estimate of drug-likeness (QED) is 0.524. The number of nitrogens with zero attached hydrogens (tertiary/aromatic N) is 3. The highest BCUT2D eigenvalue weighted by Crippen LogP contribution is 2.32. The Kier molecular flexibility index (Phi) is 5.48. The molecular weight excluding hydrogens is 402 g/mol. The molecule has 1 aromatic heterocycles. The van der Waals surface area contributed by atoms with Crippen LogP contribution < -0.4 is 10.2 Å². The van der Waals surface area contributed by atoms with E-state index in [-0.39, 0.29) is 11.4 Å². The Morgan fingerprint density at radius 3 is 2.56 bits per heavy atom. The highest BCUT2D eigenvalue weighted by molar-refractivity contribution is 6.35. The second kappa shape index (κ2) is 7.52. The Bertz CT molecular complexity index is 868. The minimum Gasteiger partial charge on any atom is -0.355 e. The summed E-state index contributed by atoms with van der Waals surface area (Å²) in [6.45, 7) is 3.19. The molecule has 0 bridgehead atoms. The van der Waals surface area contributed by atoms with Gasteiger partial charge < -0.3 is 10.3 Å². The second-order valence-corrected chi connectivity index (χ2v) is 7.03. The van der Waals surface area contributed by atoms with E-state index < -0.39 is 18.0 Å². The van der Waals surface area contributed by atoms with Gasteiger partial charge in [-0.25, -0.2) is 9.97 Å². The number of alkyl halides is 3. The van der Waals surface area contributed by atoms with Gasteiger partial charge >= 0.3 is 6.30 Å². The summed E-state index contributed by atoms with van der Waals surface area (Å²) in [4.78, 5) is 10.0. The van der Waals surface area contributed by atoms with E-state index in [4.69, 9.17) is 28.6 Å². The van der Waals surface area contributed by atoms with Gasteiger partial charge in [-0.3, -0.25) is 5.32 Å². The first-order chi connectivity index (χ1) is 12.7. The van der Waals surface area contributed by atoms with Crippen LogP contribution in [0.15, 0.2) is 24.4 Å². The van der Waals surface area contributed by atoms with Crippen LogP contribution in [0.4, 0.5) is 24.8 Å². The third-order valence-electron chi connectivity index (χ3n) is 4.32. The van der Waals surface area contributed by atoms with Crippen molar-refractivity contribution in [3.63, 3.8) is 0 Å². The fourth-order valence-electron chi connectivity index (χ4n) is 2.70. The predicted molar refractivity (Wildman–Crippen MR) is 100 cm³/mol. The van der Waals surface area contributed by atoms with Gasteiger partial charge in [0.1, 0.15) is 11.5 Å². The van der Waals surface area contributed by atoms with Crippen LogP contribution in [-0.2, 0) is 0 Å². The Morgan fingerprint density at radius 2 is 2.00 bits per heavy atom. The minimum atomic E-state index is -4.69. The van der Waals surface area contributed by atoms with Gasteiger partial charge in [-0.1, -0.05) is 36.2 Å². The van der Waals surface area contributed by atoms with Crippen LogP contribution in [0.2, 0.25) is 10.0 Å². The molecule has 0 saturated carbocycles. The van der Waals surface area contributed by atoms with Crippen LogP contribution in [0, 0.1) is 5.41 Å². The average molecular weight is 418 g/mol. The van der Waals surface area contributed by atoms with Crippen LogP contribution in [0.25, 0.3) is 0 Å². The van der Waals surface area contributed by atoms with Crippen LogP contribution in [-0.4, -0.2) is 35.1 Å². The zero-order chi connectivity index (χ0) is 19.8. The molecule has 144 valence electrons. The lowest BCUT2D eigenvalue weighted by Gasteiger charge is -2.32. The van der Waals surface area contributed by atoms with Crippen LogP contribution in [0.5, 0.6) is 0 Å². The molecule has 0 radical (unpaired) electrons. The van der Waals surface area contributed by atoms with E-state index in [0.29, 0.717) is 21.4 Å². The monoisotopic (exact) mass is 417 g/mol. The van der Waals surface area contributed by atoms with Crippen molar-refractivity contribution in [2.75, 3.05) is 23.3 Å². The second-order valence-electron chi connectivity index (χ2n) is 6.19. The van der Waals surface area contributed by atoms with Gasteiger partial charge in [0.15, 0.2) is 5.82 Å². The number of benzene rings is 1. The summed E-state index contributed by atoms with van der Waals surface area (Å²) < 4.78 is 38.6. The molecular formula is C17H16Cl2F3N5. The SMILES string of the molecule is CC(C(=N)c1nc(N2CCC2)cnc1NC(F)(F)F)c1ccc(Cl)cc1Cl. The summed E-state index contributed by atoms with van der Waals surface area (Å²) >= 11 is 12.1. The molecule has 1 unspecified atom stereocenters. The molecule has 0 amide bonds. The Labute approximate surface area is 164 Å². The highest BCUT2D eigenvalue weighted by Gasteiger charge is 2.32. The summed E-state index contributed by atoms with van der Waals surface area (Å²) in [5.74, 6) is -0.665. The molecule has 1 saturated heterocycles. The molecule has 3 rings (SSSR count). The van der Waals surface area contributed by atoms with Crippen LogP contribution in [0.1, 0.15) is 30.5 Å². The van der Waals surface area contributed by atoms with Gasteiger partial charge in [0.2, 0.25) is 0 Å². The largest absolute Gasteiger partial charge is 0.483 e. The number of halogens is 5. The molecule has 1 atom stereocenters. The fraction of sp³-hybridized carbons (Fsp3) is 0.353. The molecule has 1 aliphatic rings. The normalized spacial score (nSPS) is 15.3. The topological polar surface area (TPSA) is 64.9 Å². The van der Waals surface area contributed by atoms with Crippen LogP contribution >= 0.6 is 23.2 Å². The lowest BCUT2D eigenvalue weighted by Crippen LogP contribution is -2.38. The maximum absolute atomic E-state index is 12.9. The maximum Gasteiger partial charge on any atom is 0.483 e. The van der Waals surface area contributed by atoms with E-state index in [1.165, 1.54) is 17.6 Å². The summed E-state index contributed by atoms with van der Waals surface area (Å²) in [5, 5.41) is 10.6. The van der Waals surface area contributed by atoms with Gasteiger partial charge in [-0.2, -0.15) is 13.2 Å². The molecule has 0 spiro atoms. The molecule has 1 aliphatic heterocycles. The molecule has 1 aromatic carbocycles. The molecule has 2 aromatic rings. The first kappa shape index (κ1) is 19.7. The van der Waals surface area contributed by atoms with E-state index in [1.54, 1.807) is 19.1 Å². The van der Waals surface area contributed by atoms with Crippen molar-refractivity contribution in [2.45, 2.75) is 25.6 Å². The first-order valence-electron chi connectivity index (χ1n) is 8.16. The zero-order valence-corrected chi connectivity index (χ0v) is 15.8. The van der Waals surface area contributed by atoms with Crippen molar-refractivity contribution in [3.8, 4) is 0 Å². The van der Waals surface area contributed by atoms with Crippen LogP contribution in [0.3, 0.4) is 0 Å². The third-order valence-corrected chi connectivity index (χ3v) is 4.88. The van der Waals surface area contributed by atoms with E-state index in [0.717, 1.165) is 19.5 Å². The van der Waals surface area contributed by atoms with E-state index in [9.17, 15) is 13.2 Å². The van der Waals surface area contributed by atoms with Gasteiger partial charge in [-0.05, 0) is 24.1 Å². The van der Waals surface area contributed by atoms with Gasteiger partial charge in [0.05, 0.1) is 11.9 Å². The smallest absolute Gasteiger partial charge is 0.355 e. The van der Waals surface area contributed by atoms with Gasteiger partial charge in [0.25, 0.3) is 0 Å². The molecule has 5 nitrogen and oxygen atoms in total. The molecule has 1 fully saturated rings. The summed E-state index contributed by atoms with van der Waals surface area (Å²) in [6.07, 6.45) is -2.43. The van der Waals surface area contributed by atoms with E-state index >= 15 is 0 Å². The first-order valence-corrected chi connectivity index (χ1v) is 8.92. The number of aromatic nitrogens is 2. The Hall–Kier alpha value is -2.06. The molecule has 27 heavy (non-hydrogen) atoms. The Morgan fingerprint density at radius 1 is 1.30 bits per heavy atom. The molecule has 10 heteroatoms. The standard InChI is InChI=1S/C17H16Cl2F3N5/c1-9(11-4-3-10(18)7-12(11)19)14(23)15-16(26-17(20,21)22)24-8-13(25-15)27-5-2-6-27/h3-4,7-9,23H,2,5-6H2,1H3,(H,24,26). The number of nitrogens with one attached hydrogen (secondary N) is 2. The van der Waals surface area contributed by atoms with Crippen molar-refractivity contribution in [1.82, 2.24) is 9.97 Å². The maximum atomic E-state index is 12.9. The van der Waals surface area contributed by atoms with Crippen molar-refractivity contribution < 1.29 is 13.2 Å². The number of rotatable bonds is 5. The summed E-state index contributed by atoms with van der Waals surface area (Å²) in [7, 11) is 0. The average Bonchev–Trinajstić information content (AvgIpc) is 2.52. The summed E-state index contributed by atoms with van der Waals surface area (Å²) in [6, 6.07) is 4.79. The lowest BCUT2D eigenvalue weighted by atomic mass is 9.94. The summed E-state index contributed by atoms with van der Waals surface area (Å²) in [5.41, 5.74) is 0.288. The highest BCUT2D eigenvalue weighted by atomic mass is 35.5. The van der Waals surface area contributed by atoms with Crippen molar-refractivity contribution in [3.05, 3.63) is 45.7 Å². The predicted octanol–water partition coefficient (Wildman–Crippen LogP) is 5.10. The molecule has 2 heterocycles. The van der Waals surface area contributed by atoms with Gasteiger partial charge in [0, 0.05) is 29.1 Å². The van der Waals surface area contributed by atoms with Crippen molar-refractivity contribution >= 4 is 40.5 Å². The number of anilines is 2. The third kappa shape index (κ3) is 4.44. The van der Waals surface area contributed by atoms with Gasteiger partial charge in [-0.15, -0.1) is 0 Å². The van der Waals surface area contributed by atoms with Crippen molar-refractivity contribution in [1.29, 1.82) is 5.41 Å². The Balaban J connectivity index is 1.99. The fourth-order valence-corrected chi connectivity index (χ4v) is 3.28. The van der Waals surface area contributed by atoms with E-state index in [1.807, 2.05) is 4.90 Å². The van der Waals surface area contributed by atoms with E-state index in [2.05, 4.69) is 9.97 Å². The van der Waals surface area contributed by atoms with Crippen molar-refractivity contribution in [2.24, 2.45) is 0 Å². The number of hydrogen-bond donors (Lipinski definition) is 2. The number of hydrogen-bond acceptors (Lipinski definition) is 5. The molecule has 2 N–H and O–H groups in total. The molecule has 0 aliphatic carbocycles.